The highest BCUT2D eigenvalue weighted by atomic mass is 19.1. The molecule has 0 spiro atoms. The molecule has 8 nitrogen and oxygen atoms in total. The third-order valence-corrected chi connectivity index (χ3v) is 5.24. The van der Waals surface area contributed by atoms with Crippen molar-refractivity contribution in [2.24, 2.45) is 0 Å². The maximum Gasteiger partial charge on any atom is 0.414 e. The SMILES string of the molecule is CC(=O)CC[C@H]1CN(c2ccc(-c3ccc(CNCc4ncon4)cc3)c(F)c2)C(=O)O1. The molecule has 32 heavy (non-hydrogen) atoms. The minimum absolute atomic E-state index is 0.0451. The molecular formula is C23H23FN4O4. The van der Waals surface area contributed by atoms with Gasteiger partial charge in [0.15, 0.2) is 5.82 Å². The van der Waals surface area contributed by atoms with Gasteiger partial charge in [-0.3, -0.25) is 4.90 Å². The average Bonchev–Trinajstić information content (AvgIpc) is 3.42. The highest BCUT2D eigenvalue weighted by molar-refractivity contribution is 5.90. The van der Waals surface area contributed by atoms with Crippen LogP contribution in [-0.2, 0) is 22.6 Å². The van der Waals surface area contributed by atoms with E-state index in [-0.39, 0.29) is 11.9 Å². The molecule has 1 aromatic heterocycles. The van der Waals surface area contributed by atoms with Crippen LogP contribution in [0.4, 0.5) is 14.9 Å². The first kappa shape index (κ1) is 21.6. The van der Waals surface area contributed by atoms with Crippen molar-refractivity contribution < 1.29 is 23.2 Å². The molecule has 1 saturated heterocycles. The Kier molecular flexibility index (Phi) is 6.55. The summed E-state index contributed by atoms with van der Waals surface area (Å²) in [7, 11) is 0. The summed E-state index contributed by atoms with van der Waals surface area (Å²) in [5.41, 5.74) is 2.65. The van der Waals surface area contributed by atoms with Crippen molar-refractivity contribution in [3.05, 3.63) is 66.1 Å². The van der Waals surface area contributed by atoms with Crippen molar-refractivity contribution in [1.82, 2.24) is 15.5 Å². The number of carbonyl (C=O) groups excluding carboxylic acids is 2. The lowest BCUT2D eigenvalue weighted by atomic mass is 10.0. The van der Waals surface area contributed by atoms with E-state index in [1.165, 1.54) is 24.3 Å². The zero-order valence-corrected chi connectivity index (χ0v) is 17.6. The molecule has 1 aliphatic rings. The zero-order valence-electron chi connectivity index (χ0n) is 17.6. The topological polar surface area (TPSA) is 97.6 Å². The van der Waals surface area contributed by atoms with E-state index in [0.29, 0.717) is 49.6 Å². The summed E-state index contributed by atoms with van der Waals surface area (Å²) in [5, 5.41) is 6.94. The van der Waals surface area contributed by atoms with Crippen LogP contribution in [0.3, 0.4) is 0 Å². The smallest absolute Gasteiger partial charge is 0.414 e. The number of nitrogens with one attached hydrogen (secondary N) is 1. The van der Waals surface area contributed by atoms with E-state index in [1.54, 1.807) is 12.1 Å². The van der Waals surface area contributed by atoms with Gasteiger partial charge in [0, 0.05) is 18.5 Å². The number of hydrogen-bond acceptors (Lipinski definition) is 7. The third kappa shape index (κ3) is 5.17. The van der Waals surface area contributed by atoms with Crippen LogP contribution in [-0.4, -0.2) is 34.7 Å². The van der Waals surface area contributed by atoms with Crippen molar-refractivity contribution in [2.45, 2.75) is 39.0 Å². The summed E-state index contributed by atoms with van der Waals surface area (Å²) in [4.78, 5) is 28.7. The van der Waals surface area contributed by atoms with Crippen LogP contribution in [0.5, 0.6) is 0 Å². The van der Waals surface area contributed by atoms with Gasteiger partial charge in [-0.05, 0) is 42.7 Å². The van der Waals surface area contributed by atoms with Crippen LogP contribution in [0.2, 0.25) is 0 Å². The molecule has 1 fully saturated rings. The monoisotopic (exact) mass is 438 g/mol. The van der Waals surface area contributed by atoms with Crippen molar-refractivity contribution >= 4 is 17.6 Å². The van der Waals surface area contributed by atoms with Crippen LogP contribution in [0.25, 0.3) is 11.1 Å². The fourth-order valence-electron chi connectivity index (χ4n) is 3.54. The Morgan fingerprint density at radius 3 is 2.72 bits per heavy atom. The van der Waals surface area contributed by atoms with Crippen molar-refractivity contribution in [2.75, 3.05) is 11.4 Å². The number of carbonyl (C=O) groups is 2. The number of rotatable bonds is 9. The van der Waals surface area contributed by atoms with Gasteiger partial charge in [-0.2, -0.15) is 4.98 Å². The number of halogens is 1. The van der Waals surface area contributed by atoms with Gasteiger partial charge in [-0.1, -0.05) is 29.4 Å². The maximum atomic E-state index is 14.9. The molecule has 1 N–H and O–H groups in total. The predicted octanol–water partition coefficient (Wildman–Crippen LogP) is 3.86. The molecule has 2 heterocycles. The molecule has 2 aromatic carbocycles. The molecule has 0 unspecified atom stereocenters. The molecule has 0 bridgehead atoms. The predicted molar refractivity (Wildman–Crippen MR) is 114 cm³/mol. The van der Waals surface area contributed by atoms with Crippen LogP contribution < -0.4 is 10.2 Å². The molecule has 9 heteroatoms. The zero-order chi connectivity index (χ0) is 22.5. The number of nitrogens with zero attached hydrogens (tertiary/aromatic N) is 3. The number of ether oxygens (including phenoxy) is 1. The van der Waals surface area contributed by atoms with E-state index in [2.05, 4.69) is 20.0 Å². The van der Waals surface area contributed by atoms with Crippen LogP contribution in [0.15, 0.2) is 53.4 Å². The normalized spacial score (nSPS) is 15.8. The number of cyclic esters (lactones) is 1. The minimum atomic E-state index is -0.525. The van der Waals surface area contributed by atoms with Gasteiger partial charge in [0.25, 0.3) is 0 Å². The summed E-state index contributed by atoms with van der Waals surface area (Å²) in [6.45, 7) is 2.90. The highest BCUT2D eigenvalue weighted by Crippen LogP contribution is 2.30. The van der Waals surface area contributed by atoms with Crippen LogP contribution in [0.1, 0.15) is 31.2 Å². The van der Waals surface area contributed by atoms with E-state index in [4.69, 9.17) is 4.74 Å². The number of anilines is 1. The first-order valence-electron chi connectivity index (χ1n) is 10.3. The Morgan fingerprint density at radius 2 is 2.03 bits per heavy atom. The molecule has 4 rings (SSSR count). The van der Waals surface area contributed by atoms with Gasteiger partial charge in [-0.25, -0.2) is 9.18 Å². The number of ketones is 1. The number of amides is 1. The van der Waals surface area contributed by atoms with Gasteiger partial charge in [0.1, 0.15) is 17.7 Å². The van der Waals surface area contributed by atoms with Crippen molar-refractivity contribution in [3.63, 3.8) is 0 Å². The van der Waals surface area contributed by atoms with E-state index < -0.39 is 11.9 Å². The fraction of sp³-hybridized carbons (Fsp3) is 0.304. The van der Waals surface area contributed by atoms with Crippen LogP contribution in [0, 0.1) is 5.82 Å². The average molecular weight is 438 g/mol. The van der Waals surface area contributed by atoms with Gasteiger partial charge in [0.05, 0.1) is 18.8 Å². The van der Waals surface area contributed by atoms with Gasteiger partial charge in [-0.15, -0.1) is 0 Å². The second kappa shape index (κ2) is 9.69. The lowest BCUT2D eigenvalue weighted by Gasteiger charge is -2.14. The maximum absolute atomic E-state index is 14.9. The van der Waals surface area contributed by atoms with Gasteiger partial charge in [0.2, 0.25) is 6.39 Å². The molecule has 0 aliphatic carbocycles. The van der Waals surface area contributed by atoms with E-state index in [0.717, 1.165) is 11.1 Å². The Morgan fingerprint density at radius 1 is 1.22 bits per heavy atom. The van der Waals surface area contributed by atoms with E-state index in [9.17, 15) is 14.0 Å². The van der Waals surface area contributed by atoms with Crippen LogP contribution >= 0.6 is 0 Å². The molecule has 1 atom stereocenters. The van der Waals surface area contributed by atoms with Crippen molar-refractivity contribution in [3.8, 4) is 11.1 Å². The Labute approximate surface area is 184 Å². The summed E-state index contributed by atoms with van der Waals surface area (Å²) < 4.78 is 24.9. The third-order valence-electron chi connectivity index (χ3n) is 5.24. The summed E-state index contributed by atoms with van der Waals surface area (Å²) in [6, 6.07) is 12.2. The quantitative estimate of drug-likeness (QED) is 0.542. The summed E-state index contributed by atoms with van der Waals surface area (Å²) in [5.74, 6) is 0.199. The highest BCUT2D eigenvalue weighted by Gasteiger charge is 2.32. The Bertz CT molecular complexity index is 1090. The van der Waals surface area contributed by atoms with Gasteiger partial charge >= 0.3 is 6.09 Å². The largest absolute Gasteiger partial charge is 0.444 e. The summed E-state index contributed by atoms with van der Waals surface area (Å²) in [6.07, 6.45) is 1.21. The molecule has 1 aliphatic heterocycles. The van der Waals surface area contributed by atoms with E-state index >= 15 is 0 Å². The lowest BCUT2D eigenvalue weighted by Crippen LogP contribution is -2.24. The number of Topliss-reactive ketones (excluding diaryl/α,β-unsaturated/α-hetero) is 1. The molecule has 0 radical (unpaired) electrons. The Balaban J connectivity index is 1.38. The molecule has 3 aromatic rings. The number of hydrogen-bond donors (Lipinski definition) is 1. The van der Waals surface area contributed by atoms with E-state index in [1.807, 2.05) is 24.3 Å². The second-order valence-corrected chi connectivity index (χ2v) is 7.67. The van der Waals surface area contributed by atoms with Crippen molar-refractivity contribution in [1.29, 1.82) is 0 Å². The standard InChI is InChI=1S/C23H23FN4O4/c1-15(29)2-8-19-13-28(23(30)32-19)18-7-9-20(21(24)10-18)17-5-3-16(4-6-17)11-25-12-22-26-14-31-27-22/h3-7,9-10,14,19,25H,2,8,11-13H2,1H3/t19-/m0/s1. The Hall–Kier alpha value is -3.59. The lowest BCUT2D eigenvalue weighted by molar-refractivity contribution is -0.117. The first-order valence-corrected chi connectivity index (χ1v) is 10.3. The van der Waals surface area contributed by atoms with Gasteiger partial charge < -0.3 is 19.4 Å². The minimum Gasteiger partial charge on any atom is -0.444 e. The second-order valence-electron chi connectivity index (χ2n) is 7.67. The number of benzene rings is 2. The molecule has 1 amide bonds. The summed E-state index contributed by atoms with van der Waals surface area (Å²) >= 11 is 0. The number of aromatic nitrogens is 2. The fourth-order valence-corrected chi connectivity index (χ4v) is 3.54. The molecule has 166 valence electrons. The molecule has 0 saturated carbocycles. The first-order chi connectivity index (χ1) is 15.5. The molecular weight excluding hydrogens is 415 g/mol.